The lowest BCUT2D eigenvalue weighted by Crippen LogP contribution is -2.29. The van der Waals surface area contributed by atoms with Gasteiger partial charge in [-0.2, -0.15) is 0 Å². The zero-order chi connectivity index (χ0) is 11.7. The number of nitrogens with two attached hydrogens (primary N) is 1. The van der Waals surface area contributed by atoms with Crippen molar-refractivity contribution in [3.05, 3.63) is 21.5 Å². The summed E-state index contributed by atoms with van der Waals surface area (Å²) in [6, 6.07) is 3.23. The van der Waals surface area contributed by atoms with E-state index in [9.17, 15) is 4.39 Å². The Morgan fingerprint density at radius 1 is 1.50 bits per heavy atom. The molecule has 1 aromatic rings. The Morgan fingerprint density at radius 3 is 2.75 bits per heavy atom. The molecule has 0 saturated heterocycles. The van der Waals surface area contributed by atoms with Crippen molar-refractivity contribution >= 4 is 34.0 Å². The molecule has 0 amide bonds. The van der Waals surface area contributed by atoms with Crippen LogP contribution in [-0.2, 0) is 0 Å². The first-order valence-corrected chi connectivity index (χ1v) is 6.61. The highest BCUT2D eigenvalue weighted by molar-refractivity contribution is 14.1. The molecule has 1 fully saturated rings. The highest BCUT2D eigenvalue weighted by Crippen LogP contribution is 2.31. The summed E-state index contributed by atoms with van der Waals surface area (Å²) in [7, 11) is 1.98. The van der Waals surface area contributed by atoms with Crippen molar-refractivity contribution in [2.24, 2.45) is 5.92 Å². The molecule has 16 heavy (non-hydrogen) atoms. The summed E-state index contributed by atoms with van der Waals surface area (Å²) in [6.07, 6.45) is 3.91. The van der Waals surface area contributed by atoms with Gasteiger partial charge in [-0.3, -0.25) is 0 Å². The molecule has 0 spiro atoms. The fourth-order valence-electron chi connectivity index (χ4n) is 2.04. The third-order valence-corrected chi connectivity index (χ3v) is 4.06. The summed E-state index contributed by atoms with van der Waals surface area (Å²) in [4.78, 5) is 2.07. The van der Waals surface area contributed by atoms with Crippen LogP contribution < -0.4 is 10.6 Å². The van der Waals surface area contributed by atoms with Crippen molar-refractivity contribution in [2.75, 3.05) is 24.2 Å². The average Bonchev–Trinajstić information content (AvgIpc) is 2.17. The standard InChI is InChI=1S/C12H16FIN2/c1-16(7-8-3-2-4-8)12-5-9(13)10(14)6-11(12)15/h5-6,8H,2-4,7,15H2,1H3. The summed E-state index contributed by atoms with van der Waals surface area (Å²) < 4.78 is 14.0. The van der Waals surface area contributed by atoms with E-state index >= 15 is 0 Å². The van der Waals surface area contributed by atoms with Crippen molar-refractivity contribution in [1.29, 1.82) is 0 Å². The predicted molar refractivity (Wildman–Crippen MR) is 74.1 cm³/mol. The number of nitrogen functional groups attached to an aromatic ring is 1. The maximum absolute atomic E-state index is 13.5. The first-order chi connectivity index (χ1) is 7.58. The second-order valence-electron chi connectivity index (χ2n) is 4.50. The van der Waals surface area contributed by atoms with Crippen LogP contribution in [0.25, 0.3) is 0 Å². The number of anilines is 2. The van der Waals surface area contributed by atoms with Crippen LogP contribution >= 0.6 is 22.6 Å². The maximum atomic E-state index is 13.5. The van der Waals surface area contributed by atoms with Gasteiger partial charge in [-0.15, -0.1) is 0 Å². The molecule has 1 aromatic carbocycles. The number of hydrogen-bond donors (Lipinski definition) is 1. The van der Waals surface area contributed by atoms with Gasteiger partial charge in [-0.05, 0) is 47.4 Å². The summed E-state index contributed by atoms with van der Waals surface area (Å²) in [5.74, 6) is 0.567. The van der Waals surface area contributed by atoms with Crippen LogP contribution in [-0.4, -0.2) is 13.6 Å². The van der Waals surface area contributed by atoms with Crippen LogP contribution in [0, 0.1) is 15.3 Å². The van der Waals surface area contributed by atoms with Gasteiger partial charge < -0.3 is 10.6 Å². The molecule has 1 aliphatic carbocycles. The molecular weight excluding hydrogens is 318 g/mol. The normalized spacial score (nSPS) is 15.9. The molecule has 0 aromatic heterocycles. The molecule has 0 unspecified atom stereocenters. The van der Waals surface area contributed by atoms with Crippen LogP contribution in [0.15, 0.2) is 12.1 Å². The second-order valence-corrected chi connectivity index (χ2v) is 5.66. The molecule has 0 atom stereocenters. The van der Waals surface area contributed by atoms with Crippen LogP contribution in [0.2, 0.25) is 0 Å². The predicted octanol–water partition coefficient (Wildman–Crippen LogP) is 3.25. The second kappa shape index (κ2) is 4.77. The first-order valence-electron chi connectivity index (χ1n) is 5.53. The number of hydrogen-bond acceptors (Lipinski definition) is 2. The van der Waals surface area contributed by atoms with Gasteiger partial charge in [0.2, 0.25) is 0 Å². The van der Waals surface area contributed by atoms with E-state index in [4.69, 9.17) is 5.73 Å². The van der Waals surface area contributed by atoms with Gasteiger partial charge in [-0.1, -0.05) is 6.42 Å². The van der Waals surface area contributed by atoms with Gasteiger partial charge in [0.05, 0.1) is 14.9 Å². The van der Waals surface area contributed by atoms with Gasteiger partial charge in [0.15, 0.2) is 0 Å². The van der Waals surface area contributed by atoms with E-state index in [1.165, 1.54) is 25.3 Å². The Labute approximate surface area is 109 Å². The van der Waals surface area contributed by atoms with Crippen molar-refractivity contribution in [1.82, 2.24) is 0 Å². The first kappa shape index (κ1) is 12.0. The summed E-state index contributed by atoms with van der Waals surface area (Å²) in [5.41, 5.74) is 7.38. The van der Waals surface area contributed by atoms with Crippen molar-refractivity contribution < 1.29 is 4.39 Å². The zero-order valence-electron chi connectivity index (χ0n) is 9.34. The molecule has 1 aliphatic rings. The largest absolute Gasteiger partial charge is 0.397 e. The number of nitrogens with zero attached hydrogens (tertiary/aromatic N) is 1. The van der Waals surface area contributed by atoms with E-state index in [0.717, 1.165) is 18.2 Å². The average molecular weight is 334 g/mol. The summed E-state index contributed by atoms with van der Waals surface area (Å²) in [6.45, 7) is 0.976. The third kappa shape index (κ3) is 2.42. The molecule has 1 saturated carbocycles. The molecule has 2 nitrogen and oxygen atoms in total. The van der Waals surface area contributed by atoms with E-state index in [1.807, 2.05) is 29.6 Å². The Bertz CT molecular complexity index is 391. The fraction of sp³-hybridized carbons (Fsp3) is 0.500. The minimum absolute atomic E-state index is 0.190. The minimum Gasteiger partial charge on any atom is -0.397 e. The van der Waals surface area contributed by atoms with E-state index in [-0.39, 0.29) is 5.82 Å². The monoisotopic (exact) mass is 334 g/mol. The maximum Gasteiger partial charge on any atom is 0.138 e. The molecule has 88 valence electrons. The van der Waals surface area contributed by atoms with Gasteiger partial charge in [0, 0.05) is 19.7 Å². The molecule has 0 radical (unpaired) electrons. The smallest absolute Gasteiger partial charge is 0.138 e. The Morgan fingerprint density at radius 2 is 2.19 bits per heavy atom. The Balaban J connectivity index is 2.14. The van der Waals surface area contributed by atoms with Crippen molar-refractivity contribution in [3.8, 4) is 0 Å². The summed E-state index contributed by atoms with van der Waals surface area (Å²) in [5, 5.41) is 0. The minimum atomic E-state index is -0.190. The Hall–Kier alpha value is -0.520. The van der Waals surface area contributed by atoms with E-state index in [1.54, 1.807) is 6.07 Å². The van der Waals surface area contributed by atoms with Crippen LogP contribution in [0.1, 0.15) is 19.3 Å². The van der Waals surface area contributed by atoms with Crippen LogP contribution in [0.5, 0.6) is 0 Å². The molecule has 2 N–H and O–H groups in total. The van der Waals surface area contributed by atoms with Gasteiger partial charge in [0.25, 0.3) is 0 Å². The molecule has 2 rings (SSSR count). The number of halogens is 2. The highest BCUT2D eigenvalue weighted by atomic mass is 127. The quantitative estimate of drug-likeness (QED) is 0.679. The van der Waals surface area contributed by atoms with E-state index < -0.39 is 0 Å². The fourth-order valence-corrected chi connectivity index (χ4v) is 2.53. The van der Waals surface area contributed by atoms with Crippen LogP contribution in [0.4, 0.5) is 15.8 Å². The van der Waals surface area contributed by atoms with E-state index in [0.29, 0.717) is 9.26 Å². The molecule has 4 heteroatoms. The molecular formula is C12H16FIN2. The van der Waals surface area contributed by atoms with Crippen molar-refractivity contribution in [2.45, 2.75) is 19.3 Å². The van der Waals surface area contributed by atoms with Crippen molar-refractivity contribution in [3.63, 3.8) is 0 Å². The molecule has 0 bridgehead atoms. The van der Waals surface area contributed by atoms with Gasteiger partial charge >= 0.3 is 0 Å². The number of benzene rings is 1. The zero-order valence-corrected chi connectivity index (χ0v) is 11.5. The summed E-state index contributed by atoms with van der Waals surface area (Å²) >= 11 is 1.96. The van der Waals surface area contributed by atoms with Gasteiger partial charge in [0.1, 0.15) is 5.82 Å². The molecule has 0 heterocycles. The molecule has 0 aliphatic heterocycles. The lowest BCUT2D eigenvalue weighted by atomic mass is 9.85. The lowest BCUT2D eigenvalue weighted by Gasteiger charge is -2.31. The Kier molecular flexibility index (Phi) is 3.56. The third-order valence-electron chi connectivity index (χ3n) is 3.24. The SMILES string of the molecule is CN(CC1CCC1)c1cc(F)c(I)cc1N. The van der Waals surface area contributed by atoms with Gasteiger partial charge in [-0.25, -0.2) is 4.39 Å². The number of rotatable bonds is 3. The van der Waals surface area contributed by atoms with Crippen LogP contribution in [0.3, 0.4) is 0 Å². The topological polar surface area (TPSA) is 29.3 Å². The lowest BCUT2D eigenvalue weighted by molar-refractivity contribution is 0.321. The van der Waals surface area contributed by atoms with E-state index in [2.05, 4.69) is 4.90 Å². The highest BCUT2D eigenvalue weighted by Gasteiger charge is 2.20.